The van der Waals surface area contributed by atoms with Crippen LogP contribution in [0.25, 0.3) is 0 Å². The lowest BCUT2D eigenvalue weighted by molar-refractivity contribution is -0.138. The number of imide groups is 1. The molecule has 1 aromatic carbocycles. The zero-order valence-electron chi connectivity index (χ0n) is 9.85. The first-order valence-corrected chi connectivity index (χ1v) is 5.73. The molecule has 1 saturated heterocycles. The van der Waals surface area contributed by atoms with Crippen molar-refractivity contribution in [2.75, 3.05) is 6.54 Å². The normalized spacial score (nSPS) is 17.6. The third-order valence-corrected chi connectivity index (χ3v) is 3.00. The van der Waals surface area contributed by atoms with Gasteiger partial charge in [0.25, 0.3) is 0 Å². The Balaban J connectivity index is 2.09. The molecule has 4 heteroatoms. The van der Waals surface area contributed by atoms with E-state index in [4.69, 9.17) is 5.73 Å². The van der Waals surface area contributed by atoms with Crippen molar-refractivity contribution in [1.29, 1.82) is 0 Å². The number of aryl methyl sites for hydroxylation is 1. The van der Waals surface area contributed by atoms with Gasteiger partial charge in [-0.15, -0.1) is 0 Å². The number of likely N-dealkylation sites (tertiary alicyclic amines) is 1. The van der Waals surface area contributed by atoms with Gasteiger partial charge in [-0.25, -0.2) is 0 Å². The summed E-state index contributed by atoms with van der Waals surface area (Å²) in [6, 6.07) is 7.51. The minimum absolute atomic E-state index is 0.113. The lowest BCUT2D eigenvalue weighted by Crippen LogP contribution is -2.36. The van der Waals surface area contributed by atoms with Crippen LogP contribution in [0.3, 0.4) is 0 Å². The van der Waals surface area contributed by atoms with Gasteiger partial charge in [0.1, 0.15) is 0 Å². The first-order chi connectivity index (χ1) is 8.08. The number of amides is 2. The summed E-state index contributed by atoms with van der Waals surface area (Å²) in [6.07, 6.45) is 0.638. The molecule has 4 nitrogen and oxygen atoms in total. The standard InChI is InChI=1S/C13H16N2O2/c1-9-3-2-4-10(7-9)11(14)8-15-12(16)5-6-13(15)17/h2-4,7,11H,5-6,8,14H2,1H3. The Labute approximate surface area is 100 Å². The lowest BCUT2D eigenvalue weighted by Gasteiger charge is -2.19. The number of benzene rings is 1. The summed E-state index contributed by atoms with van der Waals surface area (Å²) in [7, 11) is 0. The number of hydrogen-bond donors (Lipinski definition) is 1. The molecule has 0 spiro atoms. The molecule has 1 atom stereocenters. The van der Waals surface area contributed by atoms with Gasteiger partial charge in [-0.05, 0) is 12.5 Å². The predicted molar refractivity (Wildman–Crippen MR) is 64.1 cm³/mol. The van der Waals surface area contributed by atoms with Crippen LogP contribution in [0, 0.1) is 6.92 Å². The third kappa shape index (κ3) is 2.53. The molecule has 0 aliphatic carbocycles. The highest BCUT2D eigenvalue weighted by Crippen LogP contribution is 2.18. The highest BCUT2D eigenvalue weighted by atomic mass is 16.2. The molecule has 1 heterocycles. The minimum Gasteiger partial charge on any atom is -0.322 e. The molecule has 0 bridgehead atoms. The van der Waals surface area contributed by atoms with Gasteiger partial charge in [0, 0.05) is 25.4 Å². The van der Waals surface area contributed by atoms with E-state index in [9.17, 15) is 9.59 Å². The Morgan fingerprint density at radius 2 is 1.94 bits per heavy atom. The summed E-state index contributed by atoms with van der Waals surface area (Å²) in [5.41, 5.74) is 8.10. The molecule has 0 aromatic heterocycles. The van der Waals surface area contributed by atoms with Crippen LogP contribution in [0.2, 0.25) is 0 Å². The van der Waals surface area contributed by atoms with Crippen molar-refractivity contribution in [3.63, 3.8) is 0 Å². The molecule has 1 unspecified atom stereocenters. The highest BCUT2D eigenvalue weighted by Gasteiger charge is 2.30. The van der Waals surface area contributed by atoms with Gasteiger partial charge in [-0.3, -0.25) is 14.5 Å². The van der Waals surface area contributed by atoms with Crippen molar-refractivity contribution in [1.82, 2.24) is 4.90 Å². The van der Waals surface area contributed by atoms with Crippen LogP contribution in [-0.2, 0) is 9.59 Å². The zero-order chi connectivity index (χ0) is 12.4. The van der Waals surface area contributed by atoms with Crippen LogP contribution in [-0.4, -0.2) is 23.3 Å². The fraction of sp³-hybridized carbons (Fsp3) is 0.385. The average molecular weight is 232 g/mol. The number of carbonyl (C=O) groups is 2. The Hall–Kier alpha value is -1.68. The molecule has 2 rings (SSSR count). The number of carbonyl (C=O) groups excluding carboxylic acids is 2. The van der Waals surface area contributed by atoms with Gasteiger partial charge in [0.2, 0.25) is 11.8 Å². The number of nitrogens with two attached hydrogens (primary N) is 1. The summed E-state index contributed by atoms with van der Waals surface area (Å²) in [5, 5.41) is 0. The summed E-state index contributed by atoms with van der Waals surface area (Å²) in [5.74, 6) is -0.226. The molecule has 90 valence electrons. The van der Waals surface area contributed by atoms with Crippen LogP contribution in [0.4, 0.5) is 0 Å². The first kappa shape index (κ1) is 11.8. The van der Waals surface area contributed by atoms with E-state index in [1.165, 1.54) is 4.90 Å². The second-order valence-electron chi connectivity index (χ2n) is 4.42. The van der Waals surface area contributed by atoms with Crippen molar-refractivity contribution in [3.05, 3.63) is 35.4 Å². The Morgan fingerprint density at radius 1 is 1.29 bits per heavy atom. The molecule has 1 aliphatic rings. The van der Waals surface area contributed by atoms with E-state index in [0.29, 0.717) is 12.8 Å². The second-order valence-corrected chi connectivity index (χ2v) is 4.42. The SMILES string of the molecule is Cc1cccc(C(N)CN2C(=O)CCC2=O)c1. The molecule has 0 radical (unpaired) electrons. The van der Waals surface area contributed by atoms with E-state index < -0.39 is 0 Å². The van der Waals surface area contributed by atoms with Crippen LogP contribution in [0.1, 0.15) is 30.0 Å². The fourth-order valence-corrected chi connectivity index (χ4v) is 2.03. The summed E-state index contributed by atoms with van der Waals surface area (Å²) in [6.45, 7) is 2.27. The Bertz CT molecular complexity index is 440. The Morgan fingerprint density at radius 3 is 2.53 bits per heavy atom. The average Bonchev–Trinajstić information content (AvgIpc) is 2.61. The maximum atomic E-state index is 11.5. The lowest BCUT2D eigenvalue weighted by atomic mass is 10.0. The van der Waals surface area contributed by atoms with E-state index >= 15 is 0 Å². The van der Waals surface area contributed by atoms with E-state index in [0.717, 1.165) is 11.1 Å². The van der Waals surface area contributed by atoms with Gasteiger partial charge in [-0.1, -0.05) is 29.8 Å². The molecule has 1 aliphatic heterocycles. The van der Waals surface area contributed by atoms with Crippen LogP contribution in [0.5, 0.6) is 0 Å². The molecule has 2 amide bonds. The molecular weight excluding hydrogens is 216 g/mol. The first-order valence-electron chi connectivity index (χ1n) is 5.73. The van der Waals surface area contributed by atoms with Gasteiger partial charge >= 0.3 is 0 Å². The zero-order valence-corrected chi connectivity index (χ0v) is 9.85. The molecule has 17 heavy (non-hydrogen) atoms. The van der Waals surface area contributed by atoms with E-state index in [1.54, 1.807) is 0 Å². The number of rotatable bonds is 3. The molecule has 0 saturated carbocycles. The summed E-state index contributed by atoms with van der Waals surface area (Å²) >= 11 is 0. The van der Waals surface area contributed by atoms with Crippen LogP contribution in [0.15, 0.2) is 24.3 Å². The van der Waals surface area contributed by atoms with Crippen molar-refractivity contribution >= 4 is 11.8 Å². The van der Waals surface area contributed by atoms with Crippen molar-refractivity contribution in [3.8, 4) is 0 Å². The number of nitrogens with zero attached hydrogens (tertiary/aromatic N) is 1. The third-order valence-electron chi connectivity index (χ3n) is 3.00. The van der Waals surface area contributed by atoms with Crippen molar-refractivity contribution in [2.45, 2.75) is 25.8 Å². The smallest absolute Gasteiger partial charge is 0.229 e. The summed E-state index contributed by atoms with van der Waals surface area (Å²) in [4.78, 5) is 24.2. The number of hydrogen-bond acceptors (Lipinski definition) is 3. The second kappa shape index (κ2) is 4.67. The van der Waals surface area contributed by atoms with Gasteiger partial charge in [0.05, 0.1) is 0 Å². The van der Waals surface area contributed by atoms with Gasteiger partial charge in [-0.2, -0.15) is 0 Å². The van der Waals surface area contributed by atoms with Gasteiger partial charge in [0.15, 0.2) is 0 Å². The van der Waals surface area contributed by atoms with E-state index in [-0.39, 0.29) is 24.4 Å². The van der Waals surface area contributed by atoms with E-state index in [2.05, 4.69) is 0 Å². The molecular formula is C13H16N2O2. The topological polar surface area (TPSA) is 63.4 Å². The minimum atomic E-state index is -0.305. The molecule has 1 aromatic rings. The van der Waals surface area contributed by atoms with E-state index in [1.807, 2.05) is 31.2 Å². The maximum Gasteiger partial charge on any atom is 0.229 e. The highest BCUT2D eigenvalue weighted by molar-refractivity contribution is 6.01. The monoisotopic (exact) mass is 232 g/mol. The quantitative estimate of drug-likeness (QED) is 0.795. The van der Waals surface area contributed by atoms with Gasteiger partial charge < -0.3 is 5.73 Å². The summed E-state index contributed by atoms with van der Waals surface area (Å²) < 4.78 is 0. The molecule has 2 N–H and O–H groups in total. The van der Waals surface area contributed by atoms with Crippen LogP contribution >= 0.6 is 0 Å². The largest absolute Gasteiger partial charge is 0.322 e. The van der Waals surface area contributed by atoms with Crippen LogP contribution < -0.4 is 5.73 Å². The van der Waals surface area contributed by atoms with Crippen molar-refractivity contribution < 1.29 is 9.59 Å². The fourth-order valence-electron chi connectivity index (χ4n) is 2.03. The Kier molecular flexibility index (Phi) is 3.24. The predicted octanol–water partition coefficient (Wildman–Crippen LogP) is 1.14. The maximum absolute atomic E-state index is 11.5. The van der Waals surface area contributed by atoms with Crippen molar-refractivity contribution in [2.24, 2.45) is 5.73 Å². The molecule has 1 fully saturated rings.